The first-order valence-electron chi connectivity index (χ1n) is 9.40. The van der Waals surface area contributed by atoms with E-state index in [0.717, 1.165) is 28.1 Å². The average Bonchev–Trinajstić information content (AvgIpc) is 3.18. The third kappa shape index (κ3) is 5.07. The largest absolute Gasteiger partial charge is 0.488 e. The molecule has 8 heteroatoms. The zero-order chi connectivity index (χ0) is 21.8. The number of thioether (sulfide) groups is 1. The lowest BCUT2D eigenvalue weighted by molar-refractivity contribution is -0.131. The Morgan fingerprint density at radius 1 is 1.16 bits per heavy atom. The number of H-pyrrole nitrogens is 1. The van der Waals surface area contributed by atoms with Gasteiger partial charge in [-0.15, -0.1) is 5.10 Å². The van der Waals surface area contributed by atoms with Gasteiger partial charge < -0.3 is 9.84 Å². The van der Waals surface area contributed by atoms with Crippen LogP contribution in [0.1, 0.15) is 17.0 Å². The molecule has 0 aliphatic rings. The fraction of sp³-hybridized carbons (Fsp3) is 0.0870. The van der Waals surface area contributed by atoms with Crippen LogP contribution in [0.25, 0.3) is 16.8 Å². The van der Waals surface area contributed by atoms with Crippen LogP contribution in [0.5, 0.6) is 5.75 Å². The summed E-state index contributed by atoms with van der Waals surface area (Å²) >= 11 is 6.94. The van der Waals surface area contributed by atoms with Gasteiger partial charge in [-0.25, -0.2) is 9.78 Å². The molecule has 156 valence electrons. The third-order valence-electron chi connectivity index (χ3n) is 4.50. The van der Waals surface area contributed by atoms with Gasteiger partial charge in [0.25, 0.3) is 0 Å². The number of carboxylic acid groups (broad SMARTS) is 1. The fourth-order valence-electron chi connectivity index (χ4n) is 3.02. The molecule has 31 heavy (non-hydrogen) atoms. The maximum absolute atomic E-state index is 12.0. The number of nitrogens with one attached hydrogen (secondary N) is 1. The number of nitrogens with zero attached hydrogens (tertiary/aromatic N) is 2. The van der Waals surface area contributed by atoms with Gasteiger partial charge in [0, 0.05) is 10.6 Å². The summed E-state index contributed by atoms with van der Waals surface area (Å²) in [5.74, 6) is 0.132. The van der Waals surface area contributed by atoms with Crippen LogP contribution in [0.3, 0.4) is 0 Å². The number of carboxylic acids is 1. The van der Waals surface area contributed by atoms with Gasteiger partial charge in [-0.2, -0.15) is 0 Å². The van der Waals surface area contributed by atoms with E-state index in [9.17, 15) is 9.90 Å². The van der Waals surface area contributed by atoms with Crippen LogP contribution >= 0.6 is 23.4 Å². The average molecular weight is 452 g/mol. The zero-order valence-electron chi connectivity index (χ0n) is 16.5. The van der Waals surface area contributed by atoms with E-state index in [1.54, 1.807) is 25.1 Å². The van der Waals surface area contributed by atoms with Crippen LogP contribution in [-0.2, 0) is 11.4 Å². The van der Waals surface area contributed by atoms with Crippen molar-refractivity contribution in [3.63, 3.8) is 0 Å². The number of aliphatic carboxylic acids is 1. The number of aromatic amines is 1. The minimum Gasteiger partial charge on any atom is -0.488 e. The van der Waals surface area contributed by atoms with Gasteiger partial charge in [-0.3, -0.25) is 5.10 Å². The number of aryl methyl sites for hydroxylation is 1. The predicted molar refractivity (Wildman–Crippen MR) is 122 cm³/mol. The standard InChI is InChI=1S/C23H18ClN3O3S/c1-14-25-23(27-26-14)31-21(22(28)29)12-19-18-5-3-2-4-16(18)8-11-20(19)30-13-15-6-9-17(24)10-7-15/h2-12H,13H2,1H3,(H,28,29)(H,25,26,27)/b21-12-. The molecule has 4 rings (SSSR count). The summed E-state index contributed by atoms with van der Waals surface area (Å²) in [4.78, 5) is 16.2. The molecule has 0 atom stereocenters. The summed E-state index contributed by atoms with van der Waals surface area (Å²) < 4.78 is 6.08. The van der Waals surface area contributed by atoms with Crippen molar-refractivity contribution in [1.29, 1.82) is 0 Å². The molecular weight excluding hydrogens is 434 g/mol. The first-order valence-corrected chi connectivity index (χ1v) is 10.6. The molecule has 0 saturated carbocycles. The van der Waals surface area contributed by atoms with Crippen molar-refractivity contribution in [3.8, 4) is 5.75 Å². The topological polar surface area (TPSA) is 88.1 Å². The Kier molecular flexibility index (Phi) is 6.25. The highest BCUT2D eigenvalue weighted by Gasteiger charge is 2.16. The lowest BCUT2D eigenvalue weighted by Crippen LogP contribution is -2.00. The summed E-state index contributed by atoms with van der Waals surface area (Å²) in [6.07, 6.45) is 1.61. The minimum absolute atomic E-state index is 0.0895. The molecular formula is C23H18ClN3O3S. The van der Waals surface area contributed by atoms with Crippen LogP contribution in [0.4, 0.5) is 0 Å². The molecule has 0 spiro atoms. The number of hydrogen-bond acceptors (Lipinski definition) is 5. The van der Waals surface area contributed by atoms with Gasteiger partial charge >= 0.3 is 5.97 Å². The molecule has 2 N–H and O–H groups in total. The second-order valence-electron chi connectivity index (χ2n) is 6.73. The summed E-state index contributed by atoms with van der Waals surface area (Å²) in [5.41, 5.74) is 1.64. The van der Waals surface area contributed by atoms with Crippen LogP contribution < -0.4 is 4.74 Å². The summed E-state index contributed by atoms with van der Waals surface area (Å²) in [7, 11) is 0. The maximum Gasteiger partial charge on any atom is 0.342 e. The van der Waals surface area contributed by atoms with E-state index in [1.165, 1.54) is 0 Å². The van der Waals surface area contributed by atoms with Crippen molar-refractivity contribution in [1.82, 2.24) is 15.2 Å². The van der Waals surface area contributed by atoms with Gasteiger partial charge in [0.05, 0.1) is 0 Å². The van der Waals surface area contributed by atoms with E-state index in [-0.39, 0.29) is 4.91 Å². The van der Waals surface area contributed by atoms with Gasteiger partial charge in [0.15, 0.2) is 0 Å². The fourth-order valence-corrected chi connectivity index (χ4v) is 3.88. The quantitative estimate of drug-likeness (QED) is 0.276. The Hall–Kier alpha value is -3.29. The van der Waals surface area contributed by atoms with Crippen molar-refractivity contribution >= 4 is 46.2 Å². The Balaban J connectivity index is 1.73. The van der Waals surface area contributed by atoms with Crippen molar-refractivity contribution in [3.05, 3.63) is 87.5 Å². The Morgan fingerprint density at radius 2 is 1.94 bits per heavy atom. The van der Waals surface area contributed by atoms with Crippen LogP contribution in [-0.4, -0.2) is 26.3 Å². The molecule has 0 aliphatic heterocycles. The number of ether oxygens (including phenoxy) is 1. The highest BCUT2D eigenvalue weighted by molar-refractivity contribution is 8.04. The monoisotopic (exact) mass is 451 g/mol. The highest BCUT2D eigenvalue weighted by Crippen LogP contribution is 2.34. The maximum atomic E-state index is 12.0. The molecule has 6 nitrogen and oxygen atoms in total. The smallest absolute Gasteiger partial charge is 0.342 e. The molecule has 0 unspecified atom stereocenters. The Morgan fingerprint density at radius 3 is 2.65 bits per heavy atom. The molecule has 4 aromatic rings. The van der Waals surface area contributed by atoms with Crippen molar-refractivity contribution in [2.45, 2.75) is 18.7 Å². The van der Waals surface area contributed by atoms with E-state index in [4.69, 9.17) is 16.3 Å². The number of fused-ring (bicyclic) bond motifs is 1. The zero-order valence-corrected chi connectivity index (χ0v) is 18.1. The summed E-state index contributed by atoms with van der Waals surface area (Å²) in [6.45, 7) is 2.08. The number of hydrogen-bond donors (Lipinski definition) is 2. The summed E-state index contributed by atoms with van der Waals surface area (Å²) in [6, 6.07) is 19.0. The number of halogens is 1. The normalized spacial score (nSPS) is 11.6. The Bertz CT molecular complexity index is 1270. The van der Waals surface area contributed by atoms with E-state index >= 15 is 0 Å². The van der Waals surface area contributed by atoms with Crippen molar-refractivity contribution in [2.75, 3.05) is 0 Å². The van der Waals surface area contributed by atoms with Crippen LogP contribution in [0.2, 0.25) is 5.02 Å². The molecule has 0 bridgehead atoms. The molecule has 0 saturated heterocycles. The first kappa shape index (κ1) is 21.0. The number of benzene rings is 3. The van der Waals surface area contributed by atoms with Gasteiger partial charge in [-0.05, 0) is 59.3 Å². The van der Waals surface area contributed by atoms with Gasteiger partial charge in [-0.1, -0.05) is 54.1 Å². The molecule has 0 radical (unpaired) electrons. The van der Waals surface area contributed by atoms with E-state index in [0.29, 0.717) is 33.9 Å². The third-order valence-corrected chi connectivity index (χ3v) is 5.63. The predicted octanol–water partition coefficient (Wildman–Crippen LogP) is 5.72. The molecule has 3 aromatic carbocycles. The second kappa shape index (κ2) is 9.24. The highest BCUT2D eigenvalue weighted by atomic mass is 35.5. The van der Waals surface area contributed by atoms with E-state index < -0.39 is 5.97 Å². The molecule has 1 heterocycles. The molecule has 0 amide bonds. The van der Waals surface area contributed by atoms with Crippen LogP contribution in [0, 0.1) is 6.92 Å². The van der Waals surface area contributed by atoms with Gasteiger partial charge in [0.1, 0.15) is 23.1 Å². The number of aromatic nitrogens is 3. The number of rotatable bonds is 7. The first-order chi connectivity index (χ1) is 15.0. The SMILES string of the molecule is Cc1nc(S/C(=C\c2c(OCc3ccc(Cl)cc3)ccc3ccccc23)C(=O)O)n[nH]1. The van der Waals surface area contributed by atoms with E-state index in [1.807, 2.05) is 48.5 Å². The van der Waals surface area contributed by atoms with Crippen molar-refractivity contribution in [2.24, 2.45) is 0 Å². The van der Waals surface area contributed by atoms with Crippen LogP contribution in [0.15, 0.2) is 70.7 Å². The number of carbonyl (C=O) groups is 1. The minimum atomic E-state index is -1.07. The Labute approximate surface area is 187 Å². The second-order valence-corrected chi connectivity index (χ2v) is 8.18. The van der Waals surface area contributed by atoms with Crippen molar-refractivity contribution < 1.29 is 14.6 Å². The molecule has 0 aliphatic carbocycles. The molecule has 1 aromatic heterocycles. The summed E-state index contributed by atoms with van der Waals surface area (Å²) in [5, 5.41) is 19.4. The molecule has 0 fully saturated rings. The lowest BCUT2D eigenvalue weighted by atomic mass is 10.0. The van der Waals surface area contributed by atoms with E-state index in [2.05, 4.69) is 15.2 Å². The lowest BCUT2D eigenvalue weighted by Gasteiger charge is -2.13. The van der Waals surface area contributed by atoms with Gasteiger partial charge in [0.2, 0.25) is 5.16 Å².